The highest BCUT2D eigenvalue weighted by molar-refractivity contribution is 6.03. The molecule has 172 valence electrons. The molecule has 5 nitrogen and oxygen atoms in total. The first-order valence-electron chi connectivity index (χ1n) is 10.6. The Morgan fingerprint density at radius 2 is 1.78 bits per heavy atom. The number of amides is 1. The highest BCUT2D eigenvalue weighted by Gasteiger charge is 2.23. The number of primary amides is 1. The van der Waals surface area contributed by atoms with Crippen molar-refractivity contribution in [2.75, 3.05) is 0 Å². The van der Waals surface area contributed by atoms with Gasteiger partial charge in [0.2, 0.25) is 0 Å². The maximum Gasteiger partial charge on any atom is 0.268 e. The standard InChI is InChI=1S/C15H16FN3O2.C7H6F2.C2H6/c16-9-3-1-8(2-4-9)11-7-12(20)13-10(19-11)5-6-18-14(13)15(17)21;1-5-3-2-4-6(8)7(5)9;1-2/h5-9H,1-4H2,(H2,17,21)(H,19,20);2-4H,1H3;1-2H3. The molecule has 1 aliphatic carbocycles. The van der Waals surface area contributed by atoms with Gasteiger partial charge in [-0.05, 0) is 56.2 Å². The van der Waals surface area contributed by atoms with E-state index in [1.54, 1.807) is 6.07 Å². The van der Waals surface area contributed by atoms with Crippen molar-refractivity contribution in [2.24, 2.45) is 5.73 Å². The molecule has 1 aromatic carbocycles. The Bertz CT molecular complexity index is 1100. The molecule has 32 heavy (non-hydrogen) atoms. The number of alkyl halides is 1. The number of aromatic nitrogens is 2. The highest BCUT2D eigenvalue weighted by atomic mass is 19.2. The van der Waals surface area contributed by atoms with Gasteiger partial charge >= 0.3 is 0 Å². The van der Waals surface area contributed by atoms with Crippen LogP contribution in [0.15, 0.2) is 41.3 Å². The van der Waals surface area contributed by atoms with Crippen LogP contribution in [0.2, 0.25) is 0 Å². The number of H-pyrrole nitrogens is 1. The lowest BCUT2D eigenvalue weighted by Gasteiger charge is -2.24. The van der Waals surface area contributed by atoms with Crippen LogP contribution in [0.1, 0.15) is 67.2 Å². The summed E-state index contributed by atoms with van der Waals surface area (Å²) >= 11 is 0. The van der Waals surface area contributed by atoms with Crippen LogP contribution in [-0.4, -0.2) is 22.0 Å². The van der Waals surface area contributed by atoms with E-state index in [2.05, 4.69) is 9.97 Å². The van der Waals surface area contributed by atoms with Gasteiger partial charge in [-0.25, -0.2) is 13.2 Å². The number of carbonyl (C=O) groups excluding carboxylic acids is 1. The predicted octanol–water partition coefficient (Wildman–Crippen LogP) is 5.32. The molecule has 1 amide bonds. The summed E-state index contributed by atoms with van der Waals surface area (Å²) < 4.78 is 37.8. The second kappa shape index (κ2) is 11.5. The summed E-state index contributed by atoms with van der Waals surface area (Å²) in [5.41, 5.74) is 6.63. The molecule has 3 aromatic rings. The molecule has 1 fully saturated rings. The Balaban J connectivity index is 0.000000277. The number of rotatable bonds is 2. The van der Waals surface area contributed by atoms with Crippen LogP contribution in [0.5, 0.6) is 0 Å². The molecule has 3 N–H and O–H groups in total. The van der Waals surface area contributed by atoms with Crippen molar-refractivity contribution >= 4 is 16.8 Å². The van der Waals surface area contributed by atoms with Gasteiger partial charge in [0.1, 0.15) is 11.9 Å². The molecule has 0 bridgehead atoms. The van der Waals surface area contributed by atoms with E-state index in [0.29, 0.717) is 23.9 Å². The topological polar surface area (TPSA) is 88.8 Å². The van der Waals surface area contributed by atoms with Gasteiger partial charge in [0.25, 0.3) is 5.91 Å². The SMILES string of the molecule is CC.Cc1cccc(F)c1F.NC(=O)c1nccc2[nH]c(C3CCC(F)CC3)cc(=O)c12. The molecule has 0 saturated heterocycles. The number of nitrogens with two attached hydrogens (primary N) is 1. The Labute approximate surface area is 184 Å². The van der Waals surface area contributed by atoms with Crippen LogP contribution in [0.4, 0.5) is 13.2 Å². The molecule has 1 saturated carbocycles. The average Bonchev–Trinajstić information content (AvgIpc) is 2.79. The van der Waals surface area contributed by atoms with E-state index in [1.807, 2.05) is 13.8 Å². The van der Waals surface area contributed by atoms with Crippen molar-refractivity contribution in [3.8, 4) is 0 Å². The van der Waals surface area contributed by atoms with Gasteiger partial charge in [0.05, 0.1) is 10.9 Å². The number of carbonyl (C=O) groups is 1. The minimum absolute atomic E-state index is 0.0206. The van der Waals surface area contributed by atoms with Crippen LogP contribution in [0, 0.1) is 18.6 Å². The Hall–Kier alpha value is -3.16. The monoisotopic (exact) mass is 447 g/mol. The third kappa shape index (κ3) is 5.96. The van der Waals surface area contributed by atoms with E-state index in [-0.39, 0.29) is 22.4 Å². The van der Waals surface area contributed by atoms with Crippen LogP contribution in [-0.2, 0) is 0 Å². The molecule has 0 atom stereocenters. The van der Waals surface area contributed by atoms with E-state index in [0.717, 1.165) is 24.6 Å². The molecule has 8 heteroatoms. The summed E-state index contributed by atoms with van der Waals surface area (Å²) in [6.45, 7) is 5.53. The van der Waals surface area contributed by atoms with Gasteiger partial charge in [-0.15, -0.1) is 0 Å². The molecule has 0 unspecified atom stereocenters. The third-order valence-corrected chi connectivity index (χ3v) is 5.24. The predicted molar refractivity (Wildman–Crippen MR) is 119 cm³/mol. The zero-order valence-corrected chi connectivity index (χ0v) is 18.4. The molecule has 1 aliphatic rings. The minimum atomic E-state index is -0.782. The highest BCUT2D eigenvalue weighted by Crippen LogP contribution is 2.33. The number of aromatic amines is 1. The van der Waals surface area contributed by atoms with Crippen molar-refractivity contribution in [3.05, 3.63) is 75.3 Å². The maximum atomic E-state index is 13.2. The normalized spacial score (nSPS) is 17.6. The summed E-state index contributed by atoms with van der Waals surface area (Å²) in [5, 5.41) is 0.216. The summed E-state index contributed by atoms with van der Waals surface area (Å²) in [5.74, 6) is -2.11. The zero-order chi connectivity index (χ0) is 23.8. The minimum Gasteiger partial charge on any atom is -0.364 e. The lowest BCUT2D eigenvalue weighted by molar-refractivity contribution is 0.0997. The average molecular weight is 448 g/mol. The zero-order valence-electron chi connectivity index (χ0n) is 18.4. The van der Waals surface area contributed by atoms with Crippen molar-refractivity contribution < 1.29 is 18.0 Å². The quantitative estimate of drug-likeness (QED) is 0.557. The second-order valence-electron chi connectivity index (χ2n) is 7.35. The first-order valence-corrected chi connectivity index (χ1v) is 10.6. The lowest BCUT2D eigenvalue weighted by atomic mass is 9.85. The van der Waals surface area contributed by atoms with E-state index in [9.17, 15) is 22.8 Å². The van der Waals surface area contributed by atoms with Crippen LogP contribution in [0.25, 0.3) is 10.9 Å². The summed E-state index contributed by atoms with van der Waals surface area (Å²) in [4.78, 5) is 30.7. The largest absolute Gasteiger partial charge is 0.364 e. The molecule has 0 spiro atoms. The van der Waals surface area contributed by atoms with E-state index >= 15 is 0 Å². The molecule has 2 heterocycles. The number of nitrogens with zero attached hydrogens (tertiary/aromatic N) is 1. The van der Waals surface area contributed by atoms with Gasteiger partial charge < -0.3 is 10.7 Å². The number of halogens is 3. The van der Waals surface area contributed by atoms with Crippen molar-refractivity contribution in [1.82, 2.24) is 9.97 Å². The van der Waals surface area contributed by atoms with Gasteiger partial charge in [0.15, 0.2) is 17.1 Å². The summed E-state index contributed by atoms with van der Waals surface area (Å²) in [6.07, 6.45) is 3.19. The lowest BCUT2D eigenvalue weighted by Crippen LogP contribution is -2.20. The number of hydrogen-bond acceptors (Lipinski definition) is 3. The number of pyridine rings is 2. The molecule has 4 rings (SSSR count). The van der Waals surface area contributed by atoms with Crippen LogP contribution in [0.3, 0.4) is 0 Å². The number of fused-ring (bicyclic) bond motifs is 1. The maximum absolute atomic E-state index is 13.2. The van der Waals surface area contributed by atoms with Crippen LogP contribution >= 0.6 is 0 Å². The third-order valence-electron chi connectivity index (χ3n) is 5.24. The fourth-order valence-electron chi connectivity index (χ4n) is 3.60. The first-order chi connectivity index (χ1) is 15.3. The van der Waals surface area contributed by atoms with E-state index < -0.39 is 23.7 Å². The Kier molecular flexibility index (Phi) is 8.99. The summed E-state index contributed by atoms with van der Waals surface area (Å²) in [7, 11) is 0. The van der Waals surface area contributed by atoms with Gasteiger partial charge in [-0.1, -0.05) is 26.0 Å². The molecule has 0 radical (unpaired) electrons. The number of hydrogen-bond donors (Lipinski definition) is 2. The number of aryl methyl sites for hydroxylation is 1. The fraction of sp³-hybridized carbons (Fsp3) is 0.375. The number of benzene rings is 1. The smallest absolute Gasteiger partial charge is 0.268 e. The fourth-order valence-corrected chi connectivity index (χ4v) is 3.60. The molecular formula is C24H28F3N3O2. The Morgan fingerprint density at radius 3 is 2.34 bits per heavy atom. The van der Waals surface area contributed by atoms with E-state index in [4.69, 9.17) is 5.73 Å². The van der Waals surface area contributed by atoms with Gasteiger partial charge in [-0.3, -0.25) is 14.6 Å². The second-order valence-corrected chi connectivity index (χ2v) is 7.35. The van der Waals surface area contributed by atoms with Crippen molar-refractivity contribution in [3.63, 3.8) is 0 Å². The molecule has 2 aromatic heterocycles. The molecule has 0 aliphatic heterocycles. The van der Waals surface area contributed by atoms with Crippen LogP contribution < -0.4 is 11.2 Å². The van der Waals surface area contributed by atoms with Gasteiger partial charge in [0, 0.05) is 18.0 Å². The Morgan fingerprint density at radius 1 is 1.12 bits per heavy atom. The van der Waals surface area contributed by atoms with Gasteiger partial charge in [-0.2, -0.15) is 0 Å². The van der Waals surface area contributed by atoms with E-state index in [1.165, 1.54) is 31.3 Å². The van der Waals surface area contributed by atoms with Crippen molar-refractivity contribution in [1.29, 1.82) is 0 Å². The van der Waals surface area contributed by atoms with Crippen molar-refractivity contribution in [2.45, 2.75) is 58.5 Å². The first kappa shape index (κ1) is 25.1. The number of nitrogens with one attached hydrogen (secondary N) is 1. The summed E-state index contributed by atoms with van der Waals surface area (Å²) in [6, 6.07) is 7.24. The molecular weight excluding hydrogens is 419 g/mol.